The van der Waals surface area contributed by atoms with Gasteiger partial charge >= 0.3 is 0 Å². The predicted octanol–water partition coefficient (Wildman–Crippen LogP) is 2.02. The summed E-state index contributed by atoms with van der Waals surface area (Å²) >= 11 is 0. The van der Waals surface area contributed by atoms with Crippen molar-refractivity contribution in [1.82, 2.24) is 10.0 Å². The first-order valence-electron chi connectivity index (χ1n) is 6.94. The first-order chi connectivity index (χ1) is 9.12. The van der Waals surface area contributed by atoms with Crippen molar-refractivity contribution in [1.29, 1.82) is 0 Å². The summed E-state index contributed by atoms with van der Waals surface area (Å²) in [6.07, 6.45) is 4.31. The van der Waals surface area contributed by atoms with Crippen molar-refractivity contribution in [2.24, 2.45) is 0 Å². The van der Waals surface area contributed by atoms with E-state index in [9.17, 15) is 8.42 Å². The fourth-order valence-corrected chi connectivity index (χ4v) is 2.98. The lowest BCUT2D eigenvalue weighted by molar-refractivity contribution is 0.578. The molecule has 0 aliphatic heterocycles. The highest BCUT2D eigenvalue weighted by atomic mass is 32.2. The molecule has 2 N–H and O–H groups in total. The fraction of sp³-hybridized carbons (Fsp3) is 0.571. The quantitative estimate of drug-likeness (QED) is 0.717. The Balaban J connectivity index is 1.99. The van der Waals surface area contributed by atoms with Gasteiger partial charge in [-0.05, 0) is 37.0 Å². The lowest BCUT2D eigenvalue weighted by Crippen LogP contribution is -2.25. The van der Waals surface area contributed by atoms with E-state index in [1.54, 1.807) is 18.2 Å². The third kappa shape index (κ3) is 4.60. The lowest BCUT2D eigenvalue weighted by Gasteiger charge is -2.08. The van der Waals surface area contributed by atoms with Crippen LogP contribution in [0.3, 0.4) is 0 Å². The SMILES string of the molecule is CCCCNS(=O)(=O)c1cccc(CNC2CC2)c1. The van der Waals surface area contributed by atoms with Gasteiger partial charge in [-0.3, -0.25) is 0 Å². The van der Waals surface area contributed by atoms with Gasteiger partial charge in [0.2, 0.25) is 10.0 Å². The molecule has 1 saturated carbocycles. The van der Waals surface area contributed by atoms with Crippen LogP contribution in [-0.2, 0) is 16.6 Å². The van der Waals surface area contributed by atoms with Crippen LogP contribution in [0.5, 0.6) is 0 Å². The molecule has 1 aliphatic carbocycles. The monoisotopic (exact) mass is 282 g/mol. The van der Waals surface area contributed by atoms with Crippen LogP contribution in [0.4, 0.5) is 0 Å². The Labute approximate surface area is 115 Å². The van der Waals surface area contributed by atoms with Gasteiger partial charge in [0.1, 0.15) is 0 Å². The van der Waals surface area contributed by atoms with E-state index < -0.39 is 10.0 Å². The second-order valence-corrected chi connectivity index (χ2v) is 6.82. The molecule has 0 heterocycles. The molecule has 0 spiro atoms. The molecule has 0 saturated heterocycles. The topological polar surface area (TPSA) is 58.2 Å². The summed E-state index contributed by atoms with van der Waals surface area (Å²) in [5.74, 6) is 0. The lowest BCUT2D eigenvalue weighted by atomic mass is 10.2. The van der Waals surface area contributed by atoms with E-state index in [1.807, 2.05) is 13.0 Å². The standard InChI is InChI=1S/C14H22N2O2S/c1-2-3-9-16-19(17,18)14-6-4-5-12(10-14)11-15-13-7-8-13/h4-6,10,13,15-16H,2-3,7-9,11H2,1H3. The highest BCUT2D eigenvalue weighted by Crippen LogP contribution is 2.19. The van der Waals surface area contributed by atoms with E-state index in [0.717, 1.165) is 24.9 Å². The zero-order valence-electron chi connectivity index (χ0n) is 11.4. The molecule has 2 rings (SSSR count). The first-order valence-corrected chi connectivity index (χ1v) is 8.42. The zero-order chi connectivity index (χ0) is 13.7. The Morgan fingerprint density at radius 3 is 2.79 bits per heavy atom. The van der Waals surface area contributed by atoms with Crippen LogP contribution in [0, 0.1) is 0 Å². The molecule has 0 aromatic heterocycles. The Morgan fingerprint density at radius 1 is 1.32 bits per heavy atom. The number of sulfonamides is 1. The second-order valence-electron chi connectivity index (χ2n) is 5.05. The third-order valence-corrected chi connectivity index (χ3v) is 4.66. The van der Waals surface area contributed by atoms with Crippen LogP contribution in [0.2, 0.25) is 0 Å². The van der Waals surface area contributed by atoms with E-state index in [1.165, 1.54) is 12.8 Å². The van der Waals surface area contributed by atoms with Crippen molar-refractivity contribution < 1.29 is 8.42 Å². The molecule has 0 unspecified atom stereocenters. The number of hydrogen-bond acceptors (Lipinski definition) is 3. The maximum atomic E-state index is 12.1. The van der Waals surface area contributed by atoms with Gasteiger partial charge in [0.15, 0.2) is 0 Å². The molecule has 0 bridgehead atoms. The zero-order valence-corrected chi connectivity index (χ0v) is 12.2. The summed E-state index contributed by atoms with van der Waals surface area (Å²) in [7, 11) is -3.36. The van der Waals surface area contributed by atoms with E-state index in [2.05, 4.69) is 10.0 Å². The average Bonchev–Trinajstić information content (AvgIpc) is 3.21. The molecule has 106 valence electrons. The van der Waals surface area contributed by atoms with E-state index >= 15 is 0 Å². The Bertz CT molecular complexity index is 510. The van der Waals surface area contributed by atoms with Gasteiger partial charge in [0.25, 0.3) is 0 Å². The van der Waals surface area contributed by atoms with Crippen molar-refractivity contribution in [3.8, 4) is 0 Å². The smallest absolute Gasteiger partial charge is 0.240 e. The Hall–Kier alpha value is -0.910. The molecule has 0 amide bonds. The highest BCUT2D eigenvalue weighted by Gasteiger charge is 2.20. The number of nitrogens with one attached hydrogen (secondary N) is 2. The van der Waals surface area contributed by atoms with Crippen molar-refractivity contribution in [3.63, 3.8) is 0 Å². The minimum atomic E-state index is -3.36. The van der Waals surface area contributed by atoms with Crippen molar-refractivity contribution in [3.05, 3.63) is 29.8 Å². The van der Waals surface area contributed by atoms with Gasteiger partial charge < -0.3 is 5.32 Å². The number of unbranched alkanes of at least 4 members (excludes halogenated alkanes) is 1. The largest absolute Gasteiger partial charge is 0.310 e. The number of benzene rings is 1. The van der Waals surface area contributed by atoms with Crippen LogP contribution < -0.4 is 10.0 Å². The van der Waals surface area contributed by atoms with E-state index in [-0.39, 0.29) is 0 Å². The molecule has 0 radical (unpaired) electrons. The van der Waals surface area contributed by atoms with Crippen LogP contribution in [0.25, 0.3) is 0 Å². The van der Waals surface area contributed by atoms with Crippen molar-refractivity contribution >= 4 is 10.0 Å². The summed E-state index contributed by atoms with van der Waals surface area (Å²) < 4.78 is 26.8. The Kier molecular flexibility index (Phi) is 4.96. The maximum absolute atomic E-state index is 12.1. The first kappa shape index (κ1) is 14.5. The van der Waals surface area contributed by atoms with Crippen LogP contribution in [0.15, 0.2) is 29.2 Å². The van der Waals surface area contributed by atoms with Crippen molar-refractivity contribution in [2.75, 3.05) is 6.54 Å². The van der Waals surface area contributed by atoms with Crippen LogP contribution in [0.1, 0.15) is 38.2 Å². The molecular formula is C14H22N2O2S. The molecule has 4 nitrogen and oxygen atoms in total. The van der Waals surface area contributed by atoms with Gasteiger partial charge in [0.05, 0.1) is 4.90 Å². The van der Waals surface area contributed by atoms with E-state index in [0.29, 0.717) is 17.5 Å². The molecular weight excluding hydrogens is 260 g/mol. The molecule has 5 heteroatoms. The van der Waals surface area contributed by atoms with Gasteiger partial charge in [0, 0.05) is 19.1 Å². The second kappa shape index (κ2) is 6.50. The van der Waals surface area contributed by atoms with Crippen molar-refractivity contribution in [2.45, 2.75) is 50.1 Å². The molecule has 0 atom stereocenters. The van der Waals surface area contributed by atoms with Gasteiger partial charge in [-0.2, -0.15) is 0 Å². The molecule has 1 fully saturated rings. The normalized spacial score (nSPS) is 15.6. The summed E-state index contributed by atoms with van der Waals surface area (Å²) in [4.78, 5) is 0.360. The molecule has 1 aromatic rings. The summed E-state index contributed by atoms with van der Waals surface area (Å²) in [5.41, 5.74) is 1.02. The summed E-state index contributed by atoms with van der Waals surface area (Å²) in [6.45, 7) is 3.28. The minimum absolute atomic E-state index is 0.360. The minimum Gasteiger partial charge on any atom is -0.310 e. The Morgan fingerprint density at radius 2 is 2.11 bits per heavy atom. The maximum Gasteiger partial charge on any atom is 0.240 e. The summed E-state index contributed by atoms with van der Waals surface area (Å²) in [5, 5.41) is 3.39. The van der Waals surface area contributed by atoms with Gasteiger partial charge in [-0.25, -0.2) is 13.1 Å². The van der Waals surface area contributed by atoms with Gasteiger partial charge in [-0.15, -0.1) is 0 Å². The van der Waals surface area contributed by atoms with Crippen LogP contribution >= 0.6 is 0 Å². The fourth-order valence-electron chi connectivity index (χ4n) is 1.84. The highest BCUT2D eigenvalue weighted by molar-refractivity contribution is 7.89. The van der Waals surface area contributed by atoms with Gasteiger partial charge in [-0.1, -0.05) is 25.5 Å². The predicted molar refractivity (Wildman–Crippen MR) is 76.4 cm³/mol. The van der Waals surface area contributed by atoms with E-state index in [4.69, 9.17) is 0 Å². The molecule has 1 aromatic carbocycles. The number of hydrogen-bond donors (Lipinski definition) is 2. The summed E-state index contributed by atoms with van der Waals surface area (Å²) in [6, 6.07) is 7.79. The molecule has 19 heavy (non-hydrogen) atoms. The average molecular weight is 282 g/mol. The third-order valence-electron chi connectivity index (χ3n) is 3.20. The van der Waals surface area contributed by atoms with Crippen LogP contribution in [-0.4, -0.2) is 21.0 Å². The number of rotatable bonds is 8. The molecule has 1 aliphatic rings.